The highest BCUT2D eigenvalue weighted by Gasteiger charge is 2.61. The molecule has 3 saturated carbocycles. The highest BCUT2D eigenvalue weighted by Crippen LogP contribution is 2.66. The molecule has 0 aromatic carbocycles. The number of nitrogens with zero attached hydrogens (tertiary/aromatic N) is 1. The Kier molecular flexibility index (Phi) is 4.57. The second-order valence-electron chi connectivity index (χ2n) is 10.4. The lowest BCUT2D eigenvalue weighted by molar-refractivity contribution is -0.160. The van der Waals surface area contributed by atoms with Gasteiger partial charge < -0.3 is 10.1 Å². The number of nitrogens with one attached hydrogen (secondary N) is 1. The molecule has 1 N–H and O–H groups in total. The van der Waals surface area contributed by atoms with Crippen molar-refractivity contribution in [2.75, 3.05) is 5.32 Å². The van der Waals surface area contributed by atoms with Crippen LogP contribution in [0.3, 0.4) is 0 Å². The number of hydrogen-bond acceptors (Lipinski definition) is 5. The van der Waals surface area contributed by atoms with Crippen LogP contribution < -0.4 is 5.32 Å². The number of amides is 1. The fourth-order valence-electron chi connectivity index (χ4n) is 7.86. The molecule has 0 bridgehead atoms. The largest absolute Gasteiger partial charge is 0.462 e. The number of fused-ring (bicyclic) bond motifs is 6. The lowest BCUT2D eigenvalue weighted by atomic mass is 9.45. The maximum Gasteiger partial charge on any atom is 0.302 e. The van der Waals surface area contributed by atoms with Crippen LogP contribution in [0.4, 0.5) is 5.13 Å². The van der Waals surface area contributed by atoms with Crippen molar-refractivity contribution in [1.82, 2.24) is 4.98 Å². The van der Waals surface area contributed by atoms with Gasteiger partial charge in [0.05, 0.1) is 5.69 Å². The van der Waals surface area contributed by atoms with E-state index in [1.807, 2.05) is 0 Å². The molecule has 6 heteroatoms. The van der Waals surface area contributed by atoms with Crippen molar-refractivity contribution in [2.24, 2.45) is 34.5 Å². The smallest absolute Gasteiger partial charge is 0.302 e. The molecule has 0 spiro atoms. The lowest BCUT2D eigenvalue weighted by Gasteiger charge is -2.59. The first-order valence-electron chi connectivity index (χ1n) is 11.2. The summed E-state index contributed by atoms with van der Waals surface area (Å²) < 4.78 is 5.79. The summed E-state index contributed by atoms with van der Waals surface area (Å²) in [6.45, 7) is 6.48. The summed E-state index contributed by atoms with van der Waals surface area (Å²) in [6.07, 6.45) is 10.2. The Morgan fingerprint density at radius 1 is 1.17 bits per heavy atom. The van der Waals surface area contributed by atoms with Crippen molar-refractivity contribution in [3.8, 4) is 0 Å². The molecule has 5 rings (SSSR count). The van der Waals surface area contributed by atoms with Crippen LogP contribution in [0, 0.1) is 34.5 Å². The van der Waals surface area contributed by atoms with E-state index < -0.39 is 0 Å². The van der Waals surface area contributed by atoms with Gasteiger partial charge in [-0.2, -0.15) is 0 Å². The molecule has 7 atom stereocenters. The number of hydrogen-bond donors (Lipinski definition) is 1. The Morgan fingerprint density at radius 2 is 1.97 bits per heavy atom. The number of anilines is 1. The Labute approximate surface area is 177 Å². The molecule has 5 nitrogen and oxygen atoms in total. The first kappa shape index (κ1) is 19.5. The zero-order valence-corrected chi connectivity index (χ0v) is 18.5. The van der Waals surface area contributed by atoms with E-state index in [2.05, 4.69) is 19.2 Å². The van der Waals surface area contributed by atoms with E-state index in [4.69, 9.17) is 9.72 Å². The van der Waals surface area contributed by atoms with Crippen LogP contribution in [0.1, 0.15) is 69.9 Å². The van der Waals surface area contributed by atoms with Gasteiger partial charge >= 0.3 is 5.97 Å². The number of thiazole rings is 1. The van der Waals surface area contributed by atoms with E-state index in [0.717, 1.165) is 42.6 Å². The molecule has 1 heterocycles. The van der Waals surface area contributed by atoms with E-state index in [9.17, 15) is 9.59 Å². The number of rotatable bonds is 3. The molecule has 158 valence electrons. The van der Waals surface area contributed by atoms with Gasteiger partial charge in [-0.15, -0.1) is 11.3 Å². The molecular weight excluding hydrogens is 384 g/mol. The molecular formula is C23H32N2O3S. The molecule has 0 aliphatic heterocycles. The summed E-state index contributed by atoms with van der Waals surface area (Å²) in [5.41, 5.74) is 1.69. The normalized spacial score (nSPS) is 42.8. The molecule has 4 aliphatic carbocycles. The summed E-state index contributed by atoms with van der Waals surface area (Å²) in [5, 5.41) is 3.51. The second-order valence-corrected chi connectivity index (χ2v) is 11.5. The molecule has 0 radical (unpaired) electrons. The van der Waals surface area contributed by atoms with Crippen molar-refractivity contribution >= 4 is 28.8 Å². The van der Waals surface area contributed by atoms with Crippen molar-refractivity contribution < 1.29 is 14.3 Å². The minimum atomic E-state index is -0.126. The van der Waals surface area contributed by atoms with Crippen molar-refractivity contribution in [3.05, 3.63) is 10.6 Å². The minimum Gasteiger partial charge on any atom is -0.462 e. The van der Waals surface area contributed by atoms with Gasteiger partial charge in [0.1, 0.15) is 6.10 Å². The lowest BCUT2D eigenvalue weighted by Crippen LogP contribution is -2.54. The van der Waals surface area contributed by atoms with Crippen LogP contribution in [0.15, 0.2) is 0 Å². The van der Waals surface area contributed by atoms with Gasteiger partial charge in [0.2, 0.25) is 6.41 Å². The summed E-state index contributed by atoms with van der Waals surface area (Å²) in [5.74, 6) is 2.74. The fourth-order valence-corrected chi connectivity index (χ4v) is 8.99. The van der Waals surface area contributed by atoms with Crippen molar-refractivity contribution in [1.29, 1.82) is 0 Å². The maximum absolute atomic E-state index is 11.6. The summed E-state index contributed by atoms with van der Waals surface area (Å²) in [7, 11) is 0. The third kappa shape index (κ3) is 2.88. The number of carbonyl (C=O) groups excluding carboxylic acids is 2. The Morgan fingerprint density at radius 3 is 2.72 bits per heavy atom. The molecule has 0 saturated heterocycles. The monoisotopic (exact) mass is 416 g/mol. The van der Waals surface area contributed by atoms with Gasteiger partial charge in [-0.25, -0.2) is 4.98 Å². The fraction of sp³-hybridized carbons (Fsp3) is 0.783. The third-order valence-electron chi connectivity index (χ3n) is 9.23. The highest BCUT2D eigenvalue weighted by molar-refractivity contribution is 7.15. The third-order valence-corrected chi connectivity index (χ3v) is 10.3. The SMILES string of the molecule is CC(=O)O[C@H]1CC[C@H]2[C@@H]3CC[C@H]4Cc5nc(NC=O)sc5C[C@]4(C)[C@H]3CC[C@]12C. The summed E-state index contributed by atoms with van der Waals surface area (Å²) in [4.78, 5) is 28.6. The number of ether oxygens (including phenoxy) is 1. The summed E-state index contributed by atoms with van der Waals surface area (Å²) in [6, 6.07) is 0. The average molecular weight is 417 g/mol. The predicted molar refractivity (Wildman–Crippen MR) is 113 cm³/mol. The molecule has 4 aliphatic rings. The maximum atomic E-state index is 11.6. The van der Waals surface area contributed by atoms with Gasteiger partial charge in [-0.1, -0.05) is 13.8 Å². The predicted octanol–water partition coefficient (Wildman–Crippen LogP) is 4.60. The van der Waals surface area contributed by atoms with Crippen molar-refractivity contribution in [2.45, 2.75) is 78.2 Å². The Hall–Kier alpha value is -1.43. The molecule has 0 unspecified atom stereocenters. The van der Waals surface area contributed by atoms with Gasteiger partial charge in [-0.05, 0) is 80.5 Å². The van der Waals surface area contributed by atoms with Crippen LogP contribution in [0.2, 0.25) is 0 Å². The van der Waals surface area contributed by atoms with Crippen LogP contribution in [-0.2, 0) is 27.2 Å². The topological polar surface area (TPSA) is 68.3 Å². The average Bonchev–Trinajstić information content (AvgIpc) is 3.19. The Bertz CT molecular complexity index is 838. The van der Waals surface area contributed by atoms with Crippen LogP contribution in [-0.4, -0.2) is 23.5 Å². The van der Waals surface area contributed by atoms with Crippen LogP contribution >= 0.6 is 11.3 Å². The van der Waals surface area contributed by atoms with Crippen LogP contribution in [0.5, 0.6) is 0 Å². The van der Waals surface area contributed by atoms with E-state index in [1.54, 1.807) is 18.3 Å². The minimum absolute atomic E-state index is 0.105. The van der Waals surface area contributed by atoms with E-state index >= 15 is 0 Å². The van der Waals surface area contributed by atoms with Crippen LogP contribution in [0.25, 0.3) is 0 Å². The molecule has 1 amide bonds. The number of esters is 1. The summed E-state index contributed by atoms with van der Waals surface area (Å²) >= 11 is 1.67. The van der Waals surface area contributed by atoms with Gasteiger partial charge in [-0.3, -0.25) is 9.59 Å². The quantitative estimate of drug-likeness (QED) is 0.577. The number of carbonyl (C=O) groups is 2. The van der Waals surface area contributed by atoms with E-state index in [1.165, 1.54) is 42.7 Å². The molecule has 29 heavy (non-hydrogen) atoms. The van der Waals surface area contributed by atoms with E-state index in [-0.39, 0.29) is 17.5 Å². The number of aromatic nitrogens is 1. The zero-order chi connectivity index (χ0) is 20.4. The Balaban J connectivity index is 1.42. The molecule has 1 aromatic heterocycles. The van der Waals surface area contributed by atoms with E-state index in [0.29, 0.717) is 17.3 Å². The zero-order valence-electron chi connectivity index (χ0n) is 17.7. The van der Waals surface area contributed by atoms with Crippen molar-refractivity contribution in [3.63, 3.8) is 0 Å². The standard InChI is InChI=1S/C23H32N2O3S/c1-13(27)28-20-7-6-16-15-5-4-14-10-18-19(29-21(25-18)24-12-26)11-23(14,3)17(15)8-9-22(16,20)2/h12,14-17,20H,4-11H2,1-3H3,(H,24,25,26)/t14-,15-,16-,17-,20-,22-,23-/m0/s1. The first-order valence-corrected chi connectivity index (χ1v) is 12.0. The molecule has 1 aromatic rings. The molecule has 3 fully saturated rings. The van der Waals surface area contributed by atoms with Gasteiger partial charge in [0.25, 0.3) is 0 Å². The van der Waals surface area contributed by atoms with Gasteiger partial charge in [0, 0.05) is 17.2 Å². The first-order chi connectivity index (χ1) is 13.8. The van der Waals surface area contributed by atoms with Gasteiger partial charge in [0.15, 0.2) is 5.13 Å². The second kappa shape index (κ2) is 6.79. The highest BCUT2D eigenvalue weighted by atomic mass is 32.1.